The van der Waals surface area contributed by atoms with Crippen LogP contribution in [-0.2, 0) is 14.3 Å². The van der Waals surface area contributed by atoms with E-state index < -0.39 is 48.8 Å². The van der Waals surface area contributed by atoms with Gasteiger partial charge in [0.05, 0.1) is 18.8 Å². The van der Waals surface area contributed by atoms with Crippen LogP contribution in [0.15, 0.2) is 0 Å². The van der Waals surface area contributed by atoms with E-state index in [-0.39, 0.29) is 6.42 Å². The summed E-state index contributed by atoms with van der Waals surface area (Å²) in [5, 5.41) is 37.3. The Hall–Kier alpha value is -0.770. The molecule has 17 heavy (non-hydrogen) atoms. The molecule has 6 N–H and O–H groups in total. The van der Waals surface area contributed by atoms with Crippen LogP contribution in [0.1, 0.15) is 6.42 Å². The van der Waals surface area contributed by atoms with Gasteiger partial charge in [-0.2, -0.15) is 0 Å². The van der Waals surface area contributed by atoms with Gasteiger partial charge in [-0.15, -0.1) is 0 Å². The van der Waals surface area contributed by atoms with Crippen molar-refractivity contribution in [3.8, 4) is 0 Å². The Morgan fingerprint density at radius 1 is 1.53 bits per heavy atom. The first-order valence-corrected chi connectivity index (χ1v) is 5.22. The molecule has 0 saturated carbocycles. The van der Waals surface area contributed by atoms with Gasteiger partial charge in [-0.3, -0.25) is 0 Å². The highest BCUT2D eigenvalue weighted by Gasteiger charge is 2.56. The molecule has 2 saturated heterocycles. The molecule has 0 aromatic rings. The lowest BCUT2D eigenvalue weighted by Crippen LogP contribution is -2.70. The standard InChI is InChI=1S/C9H15NO7/c10-5-3-1-9(15,8(13)14)17-7(5)6(12)4(2-11)16-3/h3-7,11-12,15H,1-2,10H2,(H,13,14)/t3-,4+,5+,6+,7+,9?/m0/s1. The lowest BCUT2D eigenvalue weighted by Gasteiger charge is -2.50. The highest BCUT2D eigenvalue weighted by atomic mass is 16.7. The summed E-state index contributed by atoms with van der Waals surface area (Å²) >= 11 is 0. The van der Waals surface area contributed by atoms with Crippen LogP contribution in [-0.4, -0.2) is 69.2 Å². The topological polar surface area (TPSA) is 142 Å². The van der Waals surface area contributed by atoms with Crippen LogP contribution in [0.3, 0.4) is 0 Å². The van der Waals surface area contributed by atoms with Crippen molar-refractivity contribution in [2.24, 2.45) is 5.73 Å². The predicted molar refractivity (Wildman–Crippen MR) is 51.8 cm³/mol. The summed E-state index contributed by atoms with van der Waals surface area (Å²) in [5.74, 6) is -3.97. The van der Waals surface area contributed by atoms with Gasteiger partial charge in [0, 0.05) is 6.42 Å². The Morgan fingerprint density at radius 3 is 2.71 bits per heavy atom. The van der Waals surface area contributed by atoms with Gasteiger partial charge in [-0.1, -0.05) is 0 Å². The van der Waals surface area contributed by atoms with Crippen molar-refractivity contribution < 1.29 is 34.7 Å². The van der Waals surface area contributed by atoms with Crippen molar-refractivity contribution in [1.82, 2.24) is 0 Å². The summed E-state index contributed by atoms with van der Waals surface area (Å²) < 4.78 is 10.2. The quantitative estimate of drug-likeness (QED) is 0.348. The number of aliphatic hydroxyl groups is 3. The number of aliphatic carboxylic acids is 1. The Kier molecular flexibility index (Phi) is 3.10. The van der Waals surface area contributed by atoms with Gasteiger partial charge in [0.25, 0.3) is 5.79 Å². The molecule has 6 atom stereocenters. The number of carboxylic acids is 1. The number of aliphatic hydroxyl groups excluding tert-OH is 2. The molecule has 0 aliphatic carbocycles. The first kappa shape index (κ1) is 12.7. The summed E-state index contributed by atoms with van der Waals surface area (Å²) in [6.45, 7) is -0.435. The minimum absolute atomic E-state index is 0.344. The third kappa shape index (κ3) is 1.92. The molecule has 0 amide bonds. The molecule has 2 fully saturated rings. The van der Waals surface area contributed by atoms with Gasteiger partial charge in [0.2, 0.25) is 0 Å². The summed E-state index contributed by atoms with van der Waals surface area (Å²) in [5.41, 5.74) is 5.72. The van der Waals surface area contributed by atoms with E-state index in [4.69, 9.17) is 25.4 Å². The average Bonchev–Trinajstić information content (AvgIpc) is 2.26. The second-order valence-corrected chi connectivity index (χ2v) is 4.34. The highest BCUT2D eigenvalue weighted by Crippen LogP contribution is 2.35. The fraction of sp³-hybridized carbons (Fsp3) is 0.889. The fourth-order valence-corrected chi connectivity index (χ4v) is 2.21. The van der Waals surface area contributed by atoms with E-state index in [1.807, 2.05) is 0 Å². The number of hydrogen-bond acceptors (Lipinski definition) is 7. The van der Waals surface area contributed by atoms with E-state index >= 15 is 0 Å². The molecule has 2 rings (SSSR count). The molecule has 8 heteroatoms. The van der Waals surface area contributed by atoms with E-state index in [1.165, 1.54) is 0 Å². The summed E-state index contributed by atoms with van der Waals surface area (Å²) in [4.78, 5) is 10.9. The van der Waals surface area contributed by atoms with Gasteiger partial charge < -0.3 is 35.6 Å². The molecule has 2 bridgehead atoms. The number of fused-ring (bicyclic) bond motifs is 2. The smallest absolute Gasteiger partial charge is 0.364 e. The molecule has 0 spiro atoms. The maximum absolute atomic E-state index is 10.9. The second kappa shape index (κ2) is 4.16. The molecule has 98 valence electrons. The Morgan fingerprint density at radius 2 is 2.18 bits per heavy atom. The molecule has 2 aliphatic heterocycles. The summed E-state index contributed by atoms with van der Waals surface area (Å²) in [6, 6.07) is -0.743. The lowest BCUT2D eigenvalue weighted by molar-refractivity contribution is -0.327. The minimum Gasteiger partial charge on any atom is -0.477 e. The molecule has 0 radical (unpaired) electrons. The second-order valence-electron chi connectivity index (χ2n) is 4.34. The van der Waals surface area contributed by atoms with Crippen molar-refractivity contribution in [3.05, 3.63) is 0 Å². The summed E-state index contributed by atoms with van der Waals surface area (Å²) in [6.07, 6.45) is -4.37. The van der Waals surface area contributed by atoms with Crippen LogP contribution in [0.25, 0.3) is 0 Å². The van der Waals surface area contributed by atoms with E-state index in [9.17, 15) is 15.0 Å². The zero-order valence-electron chi connectivity index (χ0n) is 8.89. The third-order valence-corrected chi connectivity index (χ3v) is 3.20. The van der Waals surface area contributed by atoms with Gasteiger partial charge in [0.1, 0.15) is 18.3 Å². The van der Waals surface area contributed by atoms with Crippen LogP contribution in [0.5, 0.6) is 0 Å². The SMILES string of the molecule is N[C@H]1[C@H]2OC(O)(C(=O)O)C[C@@H]1O[C@H](CO)[C@H]2O. The largest absolute Gasteiger partial charge is 0.477 e. The first-order valence-electron chi connectivity index (χ1n) is 5.22. The van der Waals surface area contributed by atoms with E-state index in [2.05, 4.69) is 0 Å². The highest BCUT2D eigenvalue weighted by molar-refractivity contribution is 5.75. The zero-order chi connectivity index (χ0) is 12.8. The van der Waals surface area contributed by atoms with Crippen LogP contribution < -0.4 is 5.73 Å². The number of ether oxygens (including phenoxy) is 2. The van der Waals surface area contributed by atoms with Gasteiger partial charge >= 0.3 is 5.97 Å². The summed E-state index contributed by atoms with van der Waals surface area (Å²) in [7, 11) is 0. The van der Waals surface area contributed by atoms with Crippen LogP contribution in [0.4, 0.5) is 0 Å². The molecule has 0 aromatic heterocycles. The number of carboxylic acid groups (broad SMARTS) is 1. The molecular weight excluding hydrogens is 234 g/mol. The number of nitrogens with two attached hydrogens (primary N) is 1. The van der Waals surface area contributed by atoms with Gasteiger partial charge in [0.15, 0.2) is 0 Å². The Balaban J connectivity index is 2.24. The van der Waals surface area contributed by atoms with E-state index in [0.717, 1.165) is 0 Å². The van der Waals surface area contributed by atoms with E-state index in [0.29, 0.717) is 0 Å². The van der Waals surface area contributed by atoms with Crippen molar-refractivity contribution in [3.63, 3.8) is 0 Å². The monoisotopic (exact) mass is 249 g/mol. The maximum Gasteiger partial charge on any atom is 0.364 e. The Labute approximate surface area is 96.6 Å². The lowest BCUT2D eigenvalue weighted by atomic mass is 9.86. The van der Waals surface area contributed by atoms with Crippen molar-refractivity contribution >= 4 is 5.97 Å². The normalized spacial score (nSPS) is 50.0. The van der Waals surface area contributed by atoms with E-state index in [1.54, 1.807) is 0 Å². The van der Waals surface area contributed by atoms with Crippen LogP contribution in [0, 0.1) is 0 Å². The molecule has 1 unspecified atom stereocenters. The first-order chi connectivity index (χ1) is 7.89. The molecule has 8 nitrogen and oxygen atoms in total. The fourth-order valence-electron chi connectivity index (χ4n) is 2.21. The van der Waals surface area contributed by atoms with Crippen molar-refractivity contribution in [2.75, 3.05) is 6.61 Å². The maximum atomic E-state index is 10.9. The average molecular weight is 249 g/mol. The third-order valence-electron chi connectivity index (χ3n) is 3.20. The molecule has 2 aliphatic rings. The molecule has 0 aromatic carbocycles. The van der Waals surface area contributed by atoms with Gasteiger partial charge in [-0.25, -0.2) is 4.79 Å². The van der Waals surface area contributed by atoms with Crippen LogP contribution >= 0.6 is 0 Å². The predicted octanol–water partition coefficient (Wildman–Crippen LogP) is -3.00. The van der Waals surface area contributed by atoms with Crippen LogP contribution in [0.2, 0.25) is 0 Å². The number of rotatable bonds is 2. The van der Waals surface area contributed by atoms with Crippen molar-refractivity contribution in [1.29, 1.82) is 0 Å². The minimum atomic E-state index is -2.41. The van der Waals surface area contributed by atoms with Crippen molar-refractivity contribution in [2.45, 2.75) is 42.7 Å². The molecule has 2 heterocycles. The Bertz CT molecular complexity index is 324. The zero-order valence-corrected chi connectivity index (χ0v) is 8.89. The van der Waals surface area contributed by atoms with Gasteiger partial charge in [-0.05, 0) is 0 Å². The molecular formula is C9H15NO7. The number of hydrogen-bond donors (Lipinski definition) is 5. The number of carbonyl (C=O) groups is 1.